The van der Waals surface area contributed by atoms with Crippen molar-refractivity contribution in [3.63, 3.8) is 0 Å². The van der Waals surface area contributed by atoms with Crippen LogP contribution >= 0.6 is 11.3 Å². The van der Waals surface area contributed by atoms with Gasteiger partial charge in [0.05, 0.1) is 29.6 Å². The molecule has 0 aliphatic heterocycles. The minimum absolute atomic E-state index is 0.139. The predicted molar refractivity (Wildman–Crippen MR) is 85.3 cm³/mol. The van der Waals surface area contributed by atoms with E-state index in [0.29, 0.717) is 11.5 Å². The van der Waals surface area contributed by atoms with Crippen molar-refractivity contribution >= 4 is 27.3 Å². The third-order valence-corrected chi connectivity index (χ3v) is 4.55. The first kappa shape index (κ1) is 13.1. The molecule has 6 nitrogen and oxygen atoms in total. The smallest absolute Gasteiger partial charge is 0.275 e. The Morgan fingerprint density at radius 2 is 2.14 bits per heavy atom. The summed E-state index contributed by atoms with van der Waals surface area (Å²) in [5, 5.41) is 5.17. The van der Waals surface area contributed by atoms with E-state index in [1.54, 1.807) is 12.4 Å². The molecule has 0 fully saturated rings. The average molecular weight is 311 g/mol. The summed E-state index contributed by atoms with van der Waals surface area (Å²) in [6, 6.07) is 9.45. The molecule has 4 rings (SSSR count). The molecule has 0 aliphatic rings. The second-order valence-electron chi connectivity index (χ2n) is 4.99. The Balaban J connectivity index is 1.79. The average Bonchev–Trinajstić information content (AvgIpc) is 3.12. The van der Waals surface area contributed by atoms with E-state index in [0.717, 1.165) is 28.2 Å². The molecule has 0 spiro atoms. The van der Waals surface area contributed by atoms with Gasteiger partial charge in [-0.3, -0.25) is 4.79 Å². The number of para-hydroxylation sites is 2. The fourth-order valence-corrected chi connectivity index (χ4v) is 3.29. The fraction of sp³-hybridized carbons (Fsp3) is 0.200. The summed E-state index contributed by atoms with van der Waals surface area (Å²) >= 11 is 1.46. The molecule has 3 heterocycles. The number of aromatic nitrogens is 5. The van der Waals surface area contributed by atoms with Gasteiger partial charge in [0.1, 0.15) is 5.01 Å². The highest BCUT2D eigenvalue weighted by molar-refractivity contribution is 7.16. The van der Waals surface area contributed by atoms with E-state index in [4.69, 9.17) is 0 Å². The topological polar surface area (TPSA) is 65.1 Å². The van der Waals surface area contributed by atoms with Crippen molar-refractivity contribution < 1.29 is 0 Å². The molecule has 0 radical (unpaired) electrons. The molecule has 0 amide bonds. The third kappa shape index (κ3) is 2.10. The predicted octanol–water partition coefficient (Wildman–Crippen LogP) is 2.11. The van der Waals surface area contributed by atoms with E-state index in [1.807, 2.05) is 35.8 Å². The monoisotopic (exact) mass is 311 g/mol. The van der Waals surface area contributed by atoms with Gasteiger partial charge in [-0.2, -0.15) is 9.61 Å². The van der Waals surface area contributed by atoms with Crippen LogP contribution in [0.1, 0.15) is 17.6 Å². The molecule has 0 aliphatic carbocycles. The molecule has 0 saturated heterocycles. The molecule has 22 heavy (non-hydrogen) atoms. The number of aryl methyl sites for hydroxylation is 1. The maximum Gasteiger partial charge on any atom is 0.275 e. The number of hydrogen-bond donors (Lipinski definition) is 0. The van der Waals surface area contributed by atoms with Gasteiger partial charge >= 0.3 is 0 Å². The molecular weight excluding hydrogens is 298 g/mol. The summed E-state index contributed by atoms with van der Waals surface area (Å²) in [5.41, 5.74) is 2.55. The van der Waals surface area contributed by atoms with Crippen LogP contribution in [-0.4, -0.2) is 24.1 Å². The molecule has 4 aromatic rings. The normalized spacial score (nSPS) is 11.5. The second-order valence-corrected chi connectivity index (χ2v) is 6.03. The van der Waals surface area contributed by atoms with Crippen LogP contribution in [0.2, 0.25) is 0 Å². The van der Waals surface area contributed by atoms with E-state index < -0.39 is 0 Å². The van der Waals surface area contributed by atoms with Crippen LogP contribution in [0.4, 0.5) is 0 Å². The van der Waals surface area contributed by atoms with Crippen LogP contribution in [0.15, 0.2) is 41.5 Å². The van der Waals surface area contributed by atoms with E-state index >= 15 is 0 Å². The minimum Gasteiger partial charge on any atom is -0.324 e. The van der Waals surface area contributed by atoms with Crippen LogP contribution in [0, 0.1) is 0 Å². The van der Waals surface area contributed by atoms with Gasteiger partial charge in [0, 0.05) is 6.07 Å². The first-order valence-electron chi connectivity index (χ1n) is 7.03. The highest BCUT2D eigenvalue weighted by atomic mass is 32.1. The summed E-state index contributed by atoms with van der Waals surface area (Å²) in [4.78, 5) is 21.7. The van der Waals surface area contributed by atoms with Crippen molar-refractivity contribution in [3.8, 4) is 0 Å². The van der Waals surface area contributed by atoms with Crippen LogP contribution in [0.25, 0.3) is 16.0 Å². The third-order valence-electron chi connectivity index (χ3n) is 3.50. The van der Waals surface area contributed by atoms with E-state index in [1.165, 1.54) is 15.9 Å². The molecule has 0 atom stereocenters. The molecule has 7 heteroatoms. The lowest BCUT2D eigenvalue weighted by molar-refractivity contribution is 0.779. The number of benzene rings is 1. The van der Waals surface area contributed by atoms with E-state index in [-0.39, 0.29) is 5.56 Å². The van der Waals surface area contributed by atoms with Crippen molar-refractivity contribution in [2.24, 2.45) is 0 Å². The Labute approximate surface area is 129 Å². The number of rotatable bonds is 3. The van der Waals surface area contributed by atoms with Crippen LogP contribution in [0.5, 0.6) is 0 Å². The summed E-state index contributed by atoms with van der Waals surface area (Å²) in [6.45, 7) is 2.53. The Morgan fingerprint density at radius 3 is 3.00 bits per heavy atom. The van der Waals surface area contributed by atoms with Crippen molar-refractivity contribution in [2.45, 2.75) is 19.9 Å². The lowest BCUT2D eigenvalue weighted by Crippen LogP contribution is -2.16. The number of fused-ring (bicyclic) bond motifs is 2. The molecule has 0 N–H and O–H groups in total. The first-order chi connectivity index (χ1) is 10.7. The number of imidazole rings is 1. The highest BCUT2D eigenvalue weighted by Gasteiger charge is 2.09. The molecule has 1 aromatic carbocycles. The van der Waals surface area contributed by atoms with Crippen LogP contribution in [0.3, 0.4) is 0 Å². The lowest BCUT2D eigenvalue weighted by atomic mass is 10.3. The van der Waals surface area contributed by atoms with Crippen molar-refractivity contribution in [2.75, 3.05) is 0 Å². The largest absolute Gasteiger partial charge is 0.324 e. The number of hydrogen-bond acceptors (Lipinski definition) is 5. The van der Waals surface area contributed by atoms with Gasteiger partial charge in [0.25, 0.3) is 5.56 Å². The molecular formula is C15H13N5OS. The van der Waals surface area contributed by atoms with Gasteiger partial charge in [0.15, 0.2) is 0 Å². The summed E-state index contributed by atoms with van der Waals surface area (Å²) in [5.74, 6) is 0. The Kier molecular flexibility index (Phi) is 3.00. The molecule has 0 saturated carbocycles. The molecule has 0 unspecified atom stereocenters. The van der Waals surface area contributed by atoms with Crippen molar-refractivity contribution in [3.05, 3.63) is 57.7 Å². The van der Waals surface area contributed by atoms with Gasteiger partial charge in [-0.15, -0.1) is 0 Å². The van der Waals surface area contributed by atoms with Crippen molar-refractivity contribution in [1.82, 2.24) is 24.1 Å². The van der Waals surface area contributed by atoms with Crippen molar-refractivity contribution in [1.29, 1.82) is 0 Å². The maximum atomic E-state index is 12.2. The van der Waals surface area contributed by atoms with E-state index in [2.05, 4.69) is 15.1 Å². The summed E-state index contributed by atoms with van der Waals surface area (Å²) in [6.07, 6.45) is 2.58. The van der Waals surface area contributed by atoms with Crippen LogP contribution < -0.4 is 5.56 Å². The van der Waals surface area contributed by atoms with Gasteiger partial charge < -0.3 is 4.57 Å². The van der Waals surface area contributed by atoms with E-state index in [9.17, 15) is 4.79 Å². The Morgan fingerprint density at radius 1 is 1.27 bits per heavy atom. The molecule has 110 valence electrons. The lowest BCUT2D eigenvalue weighted by Gasteiger charge is -2.03. The maximum absolute atomic E-state index is 12.2. The first-order valence-corrected chi connectivity index (χ1v) is 7.85. The van der Waals surface area contributed by atoms with Crippen LogP contribution in [-0.2, 0) is 13.0 Å². The molecule has 0 bridgehead atoms. The molecule has 3 aromatic heterocycles. The second kappa shape index (κ2) is 5.03. The highest BCUT2D eigenvalue weighted by Crippen LogP contribution is 2.15. The van der Waals surface area contributed by atoms with Gasteiger partial charge in [-0.1, -0.05) is 30.4 Å². The zero-order valence-electron chi connectivity index (χ0n) is 11.9. The number of nitrogens with zero attached hydrogens (tertiary/aromatic N) is 5. The quantitative estimate of drug-likeness (QED) is 0.581. The standard InChI is InChI=1S/C15H13N5OS/c1-2-13-18-20-14(21)7-10(17-15(20)22-13)8-19-9-16-11-5-3-4-6-12(11)19/h3-7,9H,2,8H2,1H3. The van der Waals surface area contributed by atoms with Gasteiger partial charge in [-0.05, 0) is 18.6 Å². The summed E-state index contributed by atoms with van der Waals surface area (Å²) < 4.78 is 3.37. The zero-order valence-corrected chi connectivity index (χ0v) is 12.7. The van der Waals surface area contributed by atoms with Gasteiger partial charge in [-0.25, -0.2) is 9.97 Å². The van der Waals surface area contributed by atoms with Gasteiger partial charge in [0.2, 0.25) is 4.96 Å². The summed E-state index contributed by atoms with van der Waals surface area (Å²) in [7, 11) is 0. The SMILES string of the molecule is CCc1nn2c(=O)cc(Cn3cnc4ccccc43)nc2s1. The Bertz CT molecular complexity index is 1030. The fourth-order valence-electron chi connectivity index (χ4n) is 2.43. The zero-order chi connectivity index (χ0) is 15.1. The minimum atomic E-state index is -0.139. The Hall–Kier alpha value is -2.54.